The summed E-state index contributed by atoms with van der Waals surface area (Å²) in [5.41, 5.74) is 0. The van der Waals surface area contributed by atoms with E-state index in [0.717, 1.165) is 25.7 Å². The zero-order valence-corrected chi connectivity index (χ0v) is 15.0. The Bertz CT molecular complexity index is 613. The first-order valence-corrected chi connectivity index (χ1v) is 9.79. The number of sulfonamides is 1. The molecule has 2 rings (SSSR count). The Morgan fingerprint density at radius 1 is 1.09 bits per heavy atom. The van der Waals surface area contributed by atoms with Crippen LogP contribution in [0.15, 0.2) is 23.1 Å². The van der Waals surface area contributed by atoms with Gasteiger partial charge in [0.05, 0.1) is 18.1 Å². The minimum atomic E-state index is -3.54. The molecule has 0 fully saturated rings. The molecule has 1 atom stereocenters. The number of fused-ring (bicyclic) bond motifs is 1. The van der Waals surface area contributed by atoms with Crippen LogP contribution in [0.1, 0.15) is 46.5 Å². The summed E-state index contributed by atoms with van der Waals surface area (Å²) in [6, 6.07) is 4.69. The fourth-order valence-corrected chi connectivity index (χ4v) is 3.83. The molecule has 1 aromatic carbocycles. The zero-order valence-electron chi connectivity index (χ0n) is 14.2. The average molecular weight is 341 g/mol. The molecule has 23 heavy (non-hydrogen) atoms. The summed E-state index contributed by atoms with van der Waals surface area (Å²) in [5, 5.41) is 0. The van der Waals surface area contributed by atoms with Crippen molar-refractivity contribution in [2.45, 2.75) is 57.4 Å². The predicted molar refractivity (Wildman–Crippen MR) is 90.5 cm³/mol. The molecule has 1 aliphatic rings. The number of ether oxygens (including phenoxy) is 2. The first-order chi connectivity index (χ1) is 10.9. The third kappa shape index (κ3) is 5.39. The second-order valence-corrected chi connectivity index (χ2v) is 8.22. The van der Waals surface area contributed by atoms with Crippen LogP contribution in [0.5, 0.6) is 11.5 Å². The van der Waals surface area contributed by atoms with E-state index in [1.807, 2.05) is 6.92 Å². The summed E-state index contributed by atoms with van der Waals surface area (Å²) in [5.74, 6) is 1.74. The lowest BCUT2D eigenvalue weighted by molar-refractivity contribution is 0.297. The van der Waals surface area contributed by atoms with Crippen molar-refractivity contribution in [2.24, 2.45) is 5.92 Å². The van der Waals surface area contributed by atoms with Crippen LogP contribution in [0, 0.1) is 5.92 Å². The molecule has 1 aromatic rings. The Balaban J connectivity index is 2.03. The molecular weight excluding hydrogens is 314 g/mol. The first-order valence-electron chi connectivity index (χ1n) is 8.30. The third-order valence-corrected chi connectivity index (χ3v) is 5.39. The van der Waals surface area contributed by atoms with Crippen LogP contribution in [0.25, 0.3) is 0 Å². The van der Waals surface area contributed by atoms with Crippen molar-refractivity contribution >= 4 is 10.0 Å². The van der Waals surface area contributed by atoms with Gasteiger partial charge in [0, 0.05) is 18.5 Å². The van der Waals surface area contributed by atoms with Crippen LogP contribution in [0.4, 0.5) is 0 Å². The van der Waals surface area contributed by atoms with Crippen molar-refractivity contribution in [3.8, 4) is 11.5 Å². The molecule has 1 aliphatic heterocycles. The molecule has 0 unspecified atom stereocenters. The molecule has 1 N–H and O–H groups in total. The van der Waals surface area contributed by atoms with Gasteiger partial charge in [0.2, 0.25) is 10.0 Å². The van der Waals surface area contributed by atoms with Crippen molar-refractivity contribution in [1.82, 2.24) is 4.72 Å². The van der Waals surface area contributed by atoms with Crippen molar-refractivity contribution in [3.63, 3.8) is 0 Å². The van der Waals surface area contributed by atoms with E-state index in [2.05, 4.69) is 18.6 Å². The maximum Gasteiger partial charge on any atom is 0.240 e. The molecule has 0 spiro atoms. The van der Waals surface area contributed by atoms with Gasteiger partial charge < -0.3 is 9.47 Å². The normalized spacial score (nSPS) is 16.2. The van der Waals surface area contributed by atoms with Gasteiger partial charge in [0.25, 0.3) is 0 Å². The second kappa shape index (κ2) is 8.02. The van der Waals surface area contributed by atoms with Crippen LogP contribution < -0.4 is 14.2 Å². The van der Waals surface area contributed by atoms with E-state index in [1.54, 1.807) is 18.2 Å². The number of nitrogens with one attached hydrogen (secondary N) is 1. The Kier molecular flexibility index (Phi) is 6.30. The SMILES string of the molecule is CC(C)CCC[C@@H](C)NS(=O)(=O)c1ccc2c(c1)OCCCO2. The number of benzene rings is 1. The molecule has 130 valence electrons. The van der Waals surface area contributed by atoms with Crippen molar-refractivity contribution < 1.29 is 17.9 Å². The average Bonchev–Trinajstić information content (AvgIpc) is 2.70. The molecule has 0 aliphatic carbocycles. The standard InChI is InChI=1S/C17H27NO4S/c1-13(2)6-4-7-14(3)18-23(19,20)15-8-9-16-17(12-15)22-11-5-10-21-16/h8-9,12-14,18H,4-7,10-11H2,1-3H3/t14-/m1/s1. The van der Waals surface area contributed by atoms with Gasteiger partial charge in [-0.15, -0.1) is 0 Å². The third-order valence-electron chi connectivity index (χ3n) is 3.80. The smallest absolute Gasteiger partial charge is 0.240 e. The van der Waals surface area contributed by atoms with Gasteiger partial charge in [0.15, 0.2) is 11.5 Å². The molecule has 0 radical (unpaired) electrons. The van der Waals surface area contributed by atoms with E-state index in [0.29, 0.717) is 30.6 Å². The van der Waals surface area contributed by atoms with E-state index in [1.165, 1.54) is 0 Å². The maximum atomic E-state index is 12.5. The van der Waals surface area contributed by atoms with Gasteiger partial charge in [-0.25, -0.2) is 13.1 Å². The number of rotatable bonds is 7. The highest BCUT2D eigenvalue weighted by atomic mass is 32.2. The summed E-state index contributed by atoms with van der Waals surface area (Å²) in [6.45, 7) is 7.37. The van der Waals surface area contributed by atoms with Crippen molar-refractivity contribution in [1.29, 1.82) is 0 Å². The molecule has 0 amide bonds. The van der Waals surface area contributed by atoms with Crippen LogP contribution >= 0.6 is 0 Å². The molecule has 0 saturated heterocycles. The Hall–Kier alpha value is -1.27. The molecule has 0 aromatic heterocycles. The molecule has 1 heterocycles. The van der Waals surface area contributed by atoms with Crippen LogP contribution in [0.3, 0.4) is 0 Å². The zero-order chi connectivity index (χ0) is 16.9. The lowest BCUT2D eigenvalue weighted by Gasteiger charge is -2.16. The van der Waals surface area contributed by atoms with E-state index in [-0.39, 0.29) is 10.9 Å². The molecule has 6 heteroatoms. The Morgan fingerprint density at radius 2 is 1.78 bits per heavy atom. The molecule has 0 bridgehead atoms. The van der Waals surface area contributed by atoms with Gasteiger partial charge in [-0.05, 0) is 31.4 Å². The fraction of sp³-hybridized carbons (Fsp3) is 0.647. The van der Waals surface area contributed by atoms with Crippen molar-refractivity contribution in [3.05, 3.63) is 18.2 Å². The van der Waals surface area contributed by atoms with E-state index < -0.39 is 10.0 Å². The highest BCUT2D eigenvalue weighted by Crippen LogP contribution is 2.31. The van der Waals surface area contributed by atoms with Crippen molar-refractivity contribution in [2.75, 3.05) is 13.2 Å². The molecular formula is C17H27NO4S. The fourth-order valence-electron chi connectivity index (χ4n) is 2.53. The van der Waals surface area contributed by atoms with Gasteiger partial charge in [-0.3, -0.25) is 0 Å². The van der Waals surface area contributed by atoms with Gasteiger partial charge in [0.1, 0.15) is 0 Å². The second-order valence-electron chi connectivity index (χ2n) is 6.51. The Labute approximate surface area is 139 Å². The summed E-state index contributed by atoms with van der Waals surface area (Å²) >= 11 is 0. The molecule has 5 nitrogen and oxygen atoms in total. The summed E-state index contributed by atoms with van der Waals surface area (Å²) in [4.78, 5) is 0.220. The maximum absolute atomic E-state index is 12.5. The van der Waals surface area contributed by atoms with E-state index in [9.17, 15) is 8.42 Å². The van der Waals surface area contributed by atoms with Gasteiger partial charge in [-0.2, -0.15) is 0 Å². The number of hydrogen-bond donors (Lipinski definition) is 1. The minimum Gasteiger partial charge on any atom is -0.490 e. The number of hydrogen-bond acceptors (Lipinski definition) is 4. The lowest BCUT2D eigenvalue weighted by Crippen LogP contribution is -2.32. The quantitative estimate of drug-likeness (QED) is 0.826. The molecule has 0 saturated carbocycles. The summed E-state index contributed by atoms with van der Waals surface area (Å²) in [6.07, 6.45) is 3.75. The Morgan fingerprint density at radius 3 is 2.48 bits per heavy atom. The monoisotopic (exact) mass is 341 g/mol. The van der Waals surface area contributed by atoms with Crippen LogP contribution in [-0.4, -0.2) is 27.7 Å². The highest BCUT2D eigenvalue weighted by molar-refractivity contribution is 7.89. The lowest BCUT2D eigenvalue weighted by atomic mass is 10.0. The van der Waals surface area contributed by atoms with Crippen LogP contribution in [-0.2, 0) is 10.0 Å². The first kappa shape index (κ1) is 18.1. The highest BCUT2D eigenvalue weighted by Gasteiger charge is 2.20. The van der Waals surface area contributed by atoms with Crippen LogP contribution in [0.2, 0.25) is 0 Å². The topological polar surface area (TPSA) is 64.6 Å². The summed E-state index contributed by atoms with van der Waals surface area (Å²) in [7, 11) is -3.54. The van der Waals surface area contributed by atoms with E-state index in [4.69, 9.17) is 9.47 Å². The summed E-state index contributed by atoms with van der Waals surface area (Å²) < 4.78 is 38.8. The van der Waals surface area contributed by atoms with Gasteiger partial charge in [-0.1, -0.05) is 26.7 Å². The minimum absolute atomic E-state index is 0.0882. The predicted octanol–water partition coefficient (Wildman–Crippen LogP) is 3.34. The van der Waals surface area contributed by atoms with Gasteiger partial charge >= 0.3 is 0 Å². The van der Waals surface area contributed by atoms with E-state index >= 15 is 0 Å². The largest absolute Gasteiger partial charge is 0.490 e.